The predicted octanol–water partition coefficient (Wildman–Crippen LogP) is 0.696. The van der Waals surface area contributed by atoms with Gasteiger partial charge in [0.05, 0.1) is 18.1 Å². The van der Waals surface area contributed by atoms with Gasteiger partial charge in [-0.25, -0.2) is 8.42 Å². The lowest BCUT2D eigenvalue weighted by Crippen LogP contribution is -2.24. The lowest BCUT2D eigenvalue weighted by molar-refractivity contribution is 0.129. The van der Waals surface area contributed by atoms with Crippen LogP contribution >= 0.6 is 11.8 Å². The summed E-state index contributed by atoms with van der Waals surface area (Å²) >= 11 is 1.53. The maximum atomic E-state index is 11.7. The van der Waals surface area contributed by atoms with Gasteiger partial charge in [-0.1, -0.05) is 0 Å². The summed E-state index contributed by atoms with van der Waals surface area (Å²) in [5.74, 6) is 1.09. The summed E-state index contributed by atoms with van der Waals surface area (Å²) in [6.45, 7) is 1.38. The summed E-state index contributed by atoms with van der Waals surface area (Å²) in [4.78, 5) is 0. The number of rotatable bonds is 3. The number of thioether (sulfide) groups is 1. The van der Waals surface area contributed by atoms with Crippen molar-refractivity contribution in [3.8, 4) is 0 Å². The molecule has 0 aliphatic carbocycles. The normalized spacial score (nSPS) is 27.4. The van der Waals surface area contributed by atoms with Crippen molar-refractivity contribution in [2.75, 3.05) is 37.1 Å². The molecule has 0 bridgehead atoms. The van der Waals surface area contributed by atoms with E-state index in [-0.39, 0.29) is 23.4 Å². The third kappa shape index (κ3) is 6.08. The van der Waals surface area contributed by atoms with Gasteiger partial charge in [0.2, 0.25) is 0 Å². The van der Waals surface area contributed by atoms with Gasteiger partial charge in [0.15, 0.2) is 9.84 Å². The SMILES string of the molecule is O=S1(=O)CCCCOCCC(SCCO)C1. The number of ether oxygens (including phenoxy) is 1. The fourth-order valence-corrected chi connectivity index (χ4v) is 4.90. The molecule has 0 amide bonds. The van der Waals surface area contributed by atoms with Crippen LogP contribution in [0.15, 0.2) is 0 Å². The van der Waals surface area contributed by atoms with Crippen LogP contribution in [0.2, 0.25) is 0 Å². The van der Waals surface area contributed by atoms with Crippen molar-refractivity contribution in [3.05, 3.63) is 0 Å². The summed E-state index contributed by atoms with van der Waals surface area (Å²) in [6.07, 6.45) is 2.28. The second-order valence-corrected chi connectivity index (χ2v) is 7.58. The molecule has 0 spiro atoms. The molecule has 1 atom stereocenters. The third-order valence-electron chi connectivity index (χ3n) is 2.46. The lowest BCUT2D eigenvalue weighted by atomic mass is 10.3. The third-order valence-corrected chi connectivity index (χ3v) is 5.79. The van der Waals surface area contributed by atoms with Crippen molar-refractivity contribution in [1.82, 2.24) is 0 Å². The van der Waals surface area contributed by atoms with Gasteiger partial charge in [-0.05, 0) is 19.3 Å². The van der Waals surface area contributed by atoms with Crippen molar-refractivity contribution in [2.45, 2.75) is 24.5 Å². The van der Waals surface area contributed by atoms with Gasteiger partial charge in [-0.2, -0.15) is 11.8 Å². The minimum Gasteiger partial charge on any atom is -0.396 e. The molecule has 1 rings (SSSR count). The summed E-state index contributed by atoms with van der Waals surface area (Å²) in [7, 11) is -2.92. The molecule has 1 N–H and O–H groups in total. The number of aliphatic hydroxyl groups excluding tert-OH is 1. The highest BCUT2D eigenvalue weighted by atomic mass is 32.2. The van der Waals surface area contributed by atoms with Crippen LogP contribution in [0, 0.1) is 0 Å². The molecule has 6 heteroatoms. The smallest absolute Gasteiger partial charge is 0.151 e. The summed E-state index contributed by atoms with van der Waals surface area (Å²) in [6, 6.07) is 0. The van der Waals surface area contributed by atoms with Crippen LogP contribution in [-0.4, -0.2) is 55.9 Å². The van der Waals surface area contributed by atoms with E-state index in [0.717, 1.165) is 12.8 Å². The predicted molar refractivity (Wildman–Crippen MR) is 66.7 cm³/mol. The van der Waals surface area contributed by atoms with E-state index in [4.69, 9.17) is 9.84 Å². The van der Waals surface area contributed by atoms with Crippen LogP contribution in [0.3, 0.4) is 0 Å². The van der Waals surface area contributed by atoms with Crippen LogP contribution < -0.4 is 0 Å². The highest BCUT2D eigenvalue weighted by molar-refractivity contribution is 8.01. The molecule has 1 fully saturated rings. The molecular formula is C10H20O4S2. The van der Waals surface area contributed by atoms with E-state index in [1.54, 1.807) is 0 Å². The Morgan fingerprint density at radius 3 is 2.88 bits per heavy atom. The molecule has 0 saturated carbocycles. The molecule has 1 aliphatic rings. The van der Waals surface area contributed by atoms with Crippen LogP contribution in [0.5, 0.6) is 0 Å². The Labute approximate surface area is 102 Å². The Morgan fingerprint density at radius 2 is 2.12 bits per heavy atom. The molecular weight excluding hydrogens is 248 g/mol. The highest BCUT2D eigenvalue weighted by Crippen LogP contribution is 2.18. The Balaban J connectivity index is 2.50. The first kappa shape index (κ1) is 14.3. The first-order valence-corrected chi connectivity index (χ1v) is 8.52. The fourth-order valence-electron chi connectivity index (χ4n) is 1.64. The van der Waals surface area contributed by atoms with Crippen molar-refractivity contribution < 1.29 is 18.3 Å². The van der Waals surface area contributed by atoms with Gasteiger partial charge in [0, 0.05) is 24.2 Å². The molecule has 0 aromatic carbocycles. The van der Waals surface area contributed by atoms with Crippen molar-refractivity contribution in [1.29, 1.82) is 0 Å². The molecule has 16 heavy (non-hydrogen) atoms. The average molecular weight is 268 g/mol. The quantitative estimate of drug-likeness (QED) is 0.816. The Morgan fingerprint density at radius 1 is 1.31 bits per heavy atom. The van der Waals surface area contributed by atoms with Gasteiger partial charge < -0.3 is 9.84 Å². The summed E-state index contributed by atoms with van der Waals surface area (Å²) < 4.78 is 28.9. The van der Waals surface area contributed by atoms with E-state index in [1.807, 2.05) is 0 Å². The molecule has 1 heterocycles. The van der Waals surface area contributed by atoms with Gasteiger partial charge in [0.1, 0.15) is 0 Å². The van der Waals surface area contributed by atoms with Gasteiger partial charge >= 0.3 is 0 Å². The van der Waals surface area contributed by atoms with Gasteiger partial charge in [-0.15, -0.1) is 0 Å². The summed E-state index contributed by atoms with van der Waals surface area (Å²) in [5, 5.41) is 8.82. The van der Waals surface area contributed by atoms with Gasteiger partial charge in [-0.3, -0.25) is 0 Å². The first-order chi connectivity index (χ1) is 7.64. The van der Waals surface area contributed by atoms with E-state index in [2.05, 4.69) is 0 Å². The standard InChI is InChI=1S/C10H20O4S2/c11-4-7-15-10-3-6-14-5-1-2-8-16(12,13)9-10/h10-11H,1-9H2. The number of hydrogen-bond donors (Lipinski definition) is 1. The number of sulfone groups is 1. The molecule has 1 aliphatic heterocycles. The second kappa shape index (κ2) is 7.53. The van der Waals surface area contributed by atoms with Crippen LogP contribution in [0.4, 0.5) is 0 Å². The highest BCUT2D eigenvalue weighted by Gasteiger charge is 2.20. The molecule has 96 valence electrons. The number of aliphatic hydroxyl groups is 1. The fraction of sp³-hybridized carbons (Fsp3) is 1.00. The van der Waals surface area contributed by atoms with Crippen LogP contribution in [0.25, 0.3) is 0 Å². The molecule has 1 saturated heterocycles. The van der Waals surface area contributed by atoms with Crippen LogP contribution in [-0.2, 0) is 14.6 Å². The average Bonchev–Trinajstić information content (AvgIpc) is 2.23. The topological polar surface area (TPSA) is 63.6 Å². The maximum absolute atomic E-state index is 11.7. The molecule has 0 aromatic heterocycles. The Hall–Kier alpha value is 0.220. The molecule has 4 nitrogen and oxygen atoms in total. The second-order valence-electron chi connectivity index (χ2n) is 3.94. The molecule has 0 radical (unpaired) electrons. The zero-order valence-corrected chi connectivity index (χ0v) is 11.1. The van der Waals surface area contributed by atoms with E-state index in [0.29, 0.717) is 25.4 Å². The number of hydrogen-bond acceptors (Lipinski definition) is 5. The minimum atomic E-state index is -2.92. The largest absolute Gasteiger partial charge is 0.396 e. The Bertz CT molecular complexity index is 277. The lowest BCUT2D eigenvalue weighted by Gasteiger charge is -2.18. The zero-order chi connectivity index (χ0) is 11.9. The molecule has 0 aromatic rings. The van der Waals surface area contributed by atoms with Crippen molar-refractivity contribution in [3.63, 3.8) is 0 Å². The van der Waals surface area contributed by atoms with E-state index >= 15 is 0 Å². The first-order valence-electron chi connectivity index (χ1n) is 5.65. The zero-order valence-electron chi connectivity index (χ0n) is 9.43. The summed E-state index contributed by atoms with van der Waals surface area (Å²) in [5.41, 5.74) is 0. The van der Waals surface area contributed by atoms with Crippen molar-refractivity contribution in [2.24, 2.45) is 0 Å². The van der Waals surface area contributed by atoms with E-state index in [1.165, 1.54) is 11.8 Å². The van der Waals surface area contributed by atoms with E-state index in [9.17, 15) is 8.42 Å². The Kier molecular flexibility index (Phi) is 6.72. The van der Waals surface area contributed by atoms with Crippen molar-refractivity contribution >= 4 is 21.6 Å². The minimum absolute atomic E-state index is 0.0650. The van der Waals surface area contributed by atoms with Crippen LogP contribution in [0.1, 0.15) is 19.3 Å². The maximum Gasteiger partial charge on any atom is 0.151 e. The van der Waals surface area contributed by atoms with Gasteiger partial charge in [0.25, 0.3) is 0 Å². The van der Waals surface area contributed by atoms with E-state index < -0.39 is 9.84 Å². The molecule has 1 unspecified atom stereocenters. The monoisotopic (exact) mass is 268 g/mol.